The summed E-state index contributed by atoms with van der Waals surface area (Å²) in [6.45, 7) is 0. The molecule has 1 aromatic rings. The van der Waals surface area contributed by atoms with Crippen molar-refractivity contribution in [1.29, 1.82) is 0 Å². The fourth-order valence-corrected chi connectivity index (χ4v) is 4.57. The number of nitrogens with zero attached hydrogens (tertiary/aromatic N) is 3. The van der Waals surface area contributed by atoms with Gasteiger partial charge in [-0.1, -0.05) is 16.8 Å². The van der Waals surface area contributed by atoms with Gasteiger partial charge in [0.2, 0.25) is 0 Å². The molecule has 0 aliphatic carbocycles. The van der Waals surface area contributed by atoms with Crippen LogP contribution in [0.15, 0.2) is 21.3 Å². The number of nitrogens with one attached hydrogen (secondary N) is 1. The summed E-state index contributed by atoms with van der Waals surface area (Å²) in [7, 11) is 1.26. The first kappa shape index (κ1) is 22.0. The summed E-state index contributed by atoms with van der Waals surface area (Å²) in [6, 6.07) is -0.940. The van der Waals surface area contributed by atoms with Gasteiger partial charge in [-0.3, -0.25) is 14.5 Å². The normalized spacial score (nSPS) is 21.8. The molecule has 10 nitrogen and oxygen atoms in total. The van der Waals surface area contributed by atoms with Gasteiger partial charge in [-0.2, -0.15) is 0 Å². The van der Waals surface area contributed by atoms with E-state index in [1.54, 1.807) is 0 Å². The van der Waals surface area contributed by atoms with E-state index in [4.69, 9.17) is 17.3 Å². The van der Waals surface area contributed by atoms with Crippen LogP contribution in [0.5, 0.6) is 0 Å². The summed E-state index contributed by atoms with van der Waals surface area (Å²) in [5.74, 6) is -2.67. The average molecular weight is 440 g/mol. The first-order chi connectivity index (χ1) is 12.3. The molecule has 3 N–H and O–H groups in total. The van der Waals surface area contributed by atoms with Gasteiger partial charge >= 0.3 is 29.6 Å². The third kappa shape index (κ3) is 4.10. The molecule has 14 heteroatoms. The fraction of sp³-hybridized carbons (Fsp3) is 0.308. The number of nitrogen functional groups attached to an aromatic ring is 1. The van der Waals surface area contributed by atoms with E-state index < -0.39 is 29.2 Å². The second kappa shape index (κ2) is 8.80. The van der Waals surface area contributed by atoms with Crippen LogP contribution in [0.1, 0.15) is 5.69 Å². The largest absolute Gasteiger partial charge is 1.00 e. The minimum atomic E-state index is -1.54. The van der Waals surface area contributed by atoms with Crippen LogP contribution in [0, 0.1) is 0 Å². The number of hydrogen-bond acceptors (Lipinski definition) is 10. The number of aromatic nitrogens is 1. The van der Waals surface area contributed by atoms with Gasteiger partial charge in [-0.05, 0) is 0 Å². The predicted molar refractivity (Wildman–Crippen MR) is 93.0 cm³/mol. The zero-order valence-electron chi connectivity index (χ0n) is 14.1. The van der Waals surface area contributed by atoms with Crippen LogP contribution < -0.4 is 45.7 Å². The second-order valence-corrected chi connectivity index (χ2v) is 7.55. The van der Waals surface area contributed by atoms with Crippen LogP contribution in [-0.4, -0.2) is 57.7 Å². The Kier molecular flexibility index (Phi) is 7.16. The van der Waals surface area contributed by atoms with Gasteiger partial charge in [0.05, 0.1) is 16.7 Å². The summed E-state index contributed by atoms with van der Waals surface area (Å²) in [5.41, 5.74) is 5.23. The number of hydrogen-bond donors (Lipinski definition) is 2. The van der Waals surface area contributed by atoms with E-state index in [1.165, 1.54) is 24.3 Å². The van der Waals surface area contributed by atoms with Crippen LogP contribution in [0.2, 0.25) is 0 Å². The number of carboxylic acid groups (broad SMARTS) is 1. The Balaban J connectivity index is 0.00000261. The minimum Gasteiger partial charge on any atom is -0.543 e. The van der Waals surface area contributed by atoms with E-state index in [0.29, 0.717) is 0 Å². The molecular formula is C13H11ClN5NaO5S2. The Morgan fingerprint density at radius 2 is 2.26 bits per heavy atom. The number of thioether (sulfide) groups is 1. The molecule has 3 rings (SSSR count). The third-order valence-electron chi connectivity index (χ3n) is 3.56. The molecule has 3 heterocycles. The van der Waals surface area contributed by atoms with E-state index in [0.717, 1.165) is 16.2 Å². The number of anilines is 1. The standard InChI is InChI=1S/C13H12ClN5O5S2.Na/c1-24-18-6(5-3-26-13(15)16-5)9(20)17-7-10(21)19-8(12(22)23)4(14)2-25-11(7)19;/h3,7,11H,2H2,1H3,(H2,15,16)(H,17,20)(H,22,23);/q;+1/p-1/b18-6-;/t7?,11-;/m1./s1. The maximum atomic E-state index is 12.5. The third-order valence-corrected chi connectivity index (χ3v) is 5.99. The van der Waals surface area contributed by atoms with Gasteiger partial charge in [0.1, 0.15) is 24.2 Å². The Morgan fingerprint density at radius 3 is 2.81 bits per heavy atom. The number of aliphatic carboxylic acids is 1. The number of halogens is 1. The molecule has 2 aliphatic heterocycles. The van der Waals surface area contributed by atoms with Crippen LogP contribution in [0.25, 0.3) is 0 Å². The van der Waals surface area contributed by atoms with Crippen LogP contribution in [0.4, 0.5) is 5.13 Å². The van der Waals surface area contributed by atoms with Gasteiger partial charge in [0.25, 0.3) is 11.8 Å². The summed E-state index contributed by atoms with van der Waals surface area (Å²) < 4.78 is 0. The smallest absolute Gasteiger partial charge is 0.543 e. The van der Waals surface area contributed by atoms with E-state index >= 15 is 0 Å². The summed E-state index contributed by atoms with van der Waals surface area (Å²) in [6.07, 6.45) is 0. The molecule has 1 fully saturated rings. The molecule has 2 amide bonds. The zero-order chi connectivity index (χ0) is 19.0. The van der Waals surface area contributed by atoms with Crippen molar-refractivity contribution in [3.8, 4) is 0 Å². The van der Waals surface area contributed by atoms with Gasteiger partial charge in [0.15, 0.2) is 10.8 Å². The molecule has 0 bridgehead atoms. The van der Waals surface area contributed by atoms with Crippen LogP contribution in [-0.2, 0) is 19.2 Å². The zero-order valence-corrected chi connectivity index (χ0v) is 18.5. The molecule has 138 valence electrons. The van der Waals surface area contributed by atoms with Gasteiger partial charge in [0, 0.05) is 11.1 Å². The van der Waals surface area contributed by atoms with Crippen molar-refractivity contribution in [1.82, 2.24) is 15.2 Å². The number of rotatable bonds is 5. The maximum Gasteiger partial charge on any atom is 1.00 e. The first-order valence-corrected chi connectivity index (χ1v) is 9.33. The minimum absolute atomic E-state index is 0. The molecule has 0 saturated carbocycles. The molecular weight excluding hydrogens is 429 g/mol. The van der Waals surface area contributed by atoms with Gasteiger partial charge < -0.3 is 25.8 Å². The maximum absolute atomic E-state index is 12.5. The summed E-state index contributed by atoms with van der Waals surface area (Å²) >= 11 is 8.21. The Labute approximate surface area is 188 Å². The predicted octanol–water partition coefficient (Wildman–Crippen LogP) is -4.32. The number of thiazole rings is 1. The van der Waals surface area contributed by atoms with Crippen molar-refractivity contribution in [2.24, 2.45) is 5.16 Å². The number of fused-ring (bicyclic) bond motifs is 1. The molecule has 0 aromatic carbocycles. The van der Waals surface area contributed by atoms with Gasteiger partial charge in [-0.15, -0.1) is 23.1 Å². The summed E-state index contributed by atoms with van der Waals surface area (Å²) in [4.78, 5) is 45.7. The average Bonchev–Trinajstić information content (AvgIpc) is 3.02. The molecule has 1 unspecified atom stereocenters. The van der Waals surface area contributed by atoms with E-state index in [9.17, 15) is 19.5 Å². The van der Waals surface area contributed by atoms with E-state index in [2.05, 4.69) is 20.3 Å². The van der Waals surface area contributed by atoms with Crippen LogP contribution >= 0.6 is 34.7 Å². The Bertz CT molecular complexity index is 860. The quantitative estimate of drug-likeness (QED) is 0.202. The van der Waals surface area contributed by atoms with Crippen molar-refractivity contribution in [2.45, 2.75) is 11.4 Å². The number of β-lactam (4-membered cyclic amide) rings is 1. The van der Waals surface area contributed by atoms with Crippen molar-refractivity contribution in [2.75, 3.05) is 18.6 Å². The molecule has 1 saturated heterocycles. The number of oxime groups is 1. The number of carboxylic acids is 1. The second-order valence-electron chi connectivity index (χ2n) is 5.10. The molecule has 0 radical (unpaired) electrons. The molecule has 1 aromatic heterocycles. The molecule has 27 heavy (non-hydrogen) atoms. The SMILES string of the molecule is CO/N=C(\C(=O)NC1C(=O)N2C(C(=O)[O-])=C(Cl)CS[C@H]12)c1csc(N)n1.[Na+]. The van der Waals surface area contributed by atoms with Crippen molar-refractivity contribution < 1.29 is 53.9 Å². The molecule has 2 atom stereocenters. The number of amides is 2. The van der Waals surface area contributed by atoms with Crippen molar-refractivity contribution >= 4 is 63.3 Å². The number of carbonyl (C=O) groups excluding carboxylic acids is 3. The van der Waals surface area contributed by atoms with Crippen molar-refractivity contribution in [3.05, 3.63) is 21.8 Å². The van der Waals surface area contributed by atoms with Crippen LogP contribution in [0.3, 0.4) is 0 Å². The Morgan fingerprint density at radius 1 is 1.56 bits per heavy atom. The van der Waals surface area contributed by atoms with Gasteiger partial charge in [-0.25, -0.2) is 4.98 Å². The van der Waals surface area contributed by atoms with E-state index in [1.807, 2.05) is 0 Å². The molecule has 0 spiro atoms. The fourth-order valence-electron chi connectivity index (χ4n) is 2.47. The van der Waals surface area contributed by atoms with Crippen molar-refractivity contribution in [3.63, 3.8) is 0 Å². The number of nitrogens with two attached hydrogens (primary N) is 1. The summed E-state index contributed by atoms with van der Waals surface area (Å²) in [5, 5.41) is 18.5. The topological polar surface area (TPSA) is 150 Å². The molecule has 2 aliphatic rings. The Hall–Kier alpha value is -1.31. The van der Waals surface area contributed by atoms with E-state index in [-0.39, 0.29) is 62.6 Å². The number of carbonyl (C=O) groups is 3. The first-order valence-electron chi connectivity index (χ1n) is 7.03. The monoisotopic (exact) mass is 439 g/mol.